The zero-order valence-electron chi connectivity index (χ0n) is 19.5. The van der Waals surface area contributed by atoms with E-state index in [0.717, 1.165) is 11.3 Å². The number of hydrogen-bond acceptors (Lipinski definition) is 6. The van der Waals surface area contributed by atoms with Crippen molar-refractivity contribution in [2.75, 3.05) is 32.6 Å². The molecule has 1 fully saturated rings. The van der Waals surface area contributed by atoms with E-state index in [2.05, 4.69) is 15.6 Å². The molecule has 4 amide bonds. The molecule has 5 N–H and O–H groups in total. The number of hydrogen-bond donors (Lipinski definition) is 4. The topological polar surface area (TPSA) is 148 Å². The first-order chi connectivity index (χ1) is 16.8. The molecule has 0 radical (unpaired) electrons. The van der Waals surface area contributed by atoms with Crippen LogP contribution < -0.4 is 21.1 Å². The minimum absolute atomic E-state index is 0.135. The van der Waals surface area contributed by atoms with Crippen LogP contribution in [-0.2, 0) is 9.47 Å². The van der Waals surface area contributed by atoms with E-state index in [4.69, 9.17) is 19.9 Å². The first-order valence-electron chi connectivity index (χ1n) is 11.3. The summed E-state index contributed by atoms with van der Waals surface area (Å²) >= 11 is 0. The van der Waals surface area contributed by atoms with Crippen molar-refractivity contribution in [1.82, 2.24) is 15.2 Å². The molecule has 184 valence electrons. The Morgan fingerprint density at radius 2 is 2.00 bits per heavy atom. The maximum absolute atomic E-state index is 13.3. The van der Waals surface area contributed by atoms with Crippen molar-refractivity contribution < 1.29 is 28.6 Å². The zero-order valence-corrected chi connectivity index (χ0v) is 19.5. The number of carbonyl (C=O) groups is 3. The zero-order chi connectivity index (χ0) is 24.7. The maximum atomic E-state index is 13.3. The van der Waals surface area contributed by atoms with E-state index in [1.54, 1.807) is 31.3 Å². The molecular formula is C24H27N5O6. The molecule has 1 aromatic carbocycles. The lowest BCUT2D eigenvalue weighted by atomic mass is 9.96. The summed E-state index contributed by atoms with van der Waals surface area (Å²) in [5.41, 5.74) is 7.08. The third-order valence-corrected chi connectivity index (χ3v) is 6.69. The van der Waals surface area contributed by atoms with Crippen LogP contribution in [0.4, 0.5) is 10.5 Å². The van der Waals surface area contributed by atoms with Crippen LogP contribution in [0.3, 0.4) is 0 Å². The number of anilines is 1. The summed E-state index contributed by atoms with van der Waals surface area (Å²) in [6.45, 7) is 0.806. The van der Waals surface area contributed by atoms with Gasteiger partial charge in [-0.2, -0.15) is 0 Å². The number of likely N-dealkylation sites (tertiary alicyclic amines) is 1. The number of methoxy groups -OCH3 is 2. The fraction of sp³-hybridized carbons (Fsp3) is 0.375. The van der Waals surface area contributed by atoms with Gasteiger partial charge in [0.1, 0.15) is 17.2 Å². The second-order valence-corrected chi connectivity index (χ2v) is 8.79. The van der Waals surface area contributed by atoms with Crippen molar-refractivity contribution in [3.63, 3.8) is 0 Å². The summed E-state index contributed by atoms with van der Waals surface area (Å²) in [5.74, 6) is 0.672. The summed E-state index contributed by atoms with van der Waals surface area (Å²) < 4.78 is 17.2. The highest BCUT2D eigenvalue weighted by atomic mass is 16.5. The molecule has 0 bridgehead atoms. The van der Waals surface area contributed by atoms with Crippen LogP contribution in [0, 0.1) is 0 Å². The number of aromatic nitrogens is 1. The van der Waals surface area contributed by atoms with Gasteiger partial charge in [-0.3, -0.25) is 9.59 Å². The van der Waals surface area contributed by atoms with Gasteiger partial charge in [-0.05, 0) is 36.8 Å². The van der Waals surface area contributed by atoms with Crippen molar-refractivity contribution >= 4 is 29.3 Å². The van der Waals surface area contributed by atoms with Crippen molar-refractivity contribution in [3.8, 4) is 5.75 Å². The predicted octanol–water partition coefficient (Wildman–Crippen LogP) is 2.34. The molecule has 1 aromatic heterocycles. The Hall–Kier alpha value is -3.99. The van der Waals surface area contributed by atoms with Gasteiger partial charge in [-0.1, -0.05) is 0 Å². The van der Waals surface area contributed by atoms with Crippen molar-refractivity contribution in [2.45, 2.75) is 31.1 Å². The molecule has 3 heterocycles. The molecule has 11 nitrogen and oxygen atoms in total. The number of H-pyrrole nitrogens is 1. The Bertz CT molecular complexity index is 1230. The Morgan fingerprint density at radius 1 is 1.23 bits per heavy atom. The monoisotopic (exact) mass is 481 g/mol. The second kappa shape index (κ2) is 8.66. The van der Waals surface area contributed by atoms with Crippen LogP contribution >= 0.6 is 0 Å². The predicted molar refractivity (Wildman–Crippen MR) is 126 cm³/mol. The minimum Gasteiger partial charge on any atom is -0.495 e. The van der Waals surface area contributed by atoms with Gasteiger partial charge in [0.25, 0.3) is 11.8 Å². The van der Waals surface area contributed by atoms with E-state index in [9.17, 15) is 14.4 Å². The van der Waals surface area contributed by atoms with Crippen molar-refractivity contribution in [1.29, 1.82) is 0 Å². The molecule has 35 heavy (non-hydrogen) atoms. The van der Waals surface area contributed by atoms with E-state index in [0.29, 0.717) is 60.8 Å². The normalized spacial score (nSPS) is 20.2. The molecule has 1 aliphatic carbocycles. The number of ether oxygens (including phenoxy) is 3. The first kappa shape index (κ1) is 22.8. The third kappa shape index (κ3) is 4.08. The summed E-state index contributed by atoms with van der Waals surface area (Å²) in [6, 6.07) is 5.89. The van der Waals surface area contributed by atoms with E-state index in [1.807, 2.05) is 12.1 Å². The number of nitrogens with two attached hydrogens (primary N) is 1. The van der Waals surface area contributed by atoms with Crippen molar-refractivity contribution in [3.05, 3.63) is 52.9 Å². The number of aromatic amines is 1. The van der Waals surface area contributed by atoms with Gasteiger partial charge in [0.15, 0.2) is 5.72 Å². The standard InChI is InChI=1S/C24H27N5O6/c1-33-17-5-6-19(34-2)20-14(17)12-16(27-20)22(31)29-9-7-24(8-10-29)28-21(30)15-11-13(26-23(25)32)3-4-18(15)35-24/h3-4,6,11-12,17,27H,5,7-10H2,1-2H3,(H,28,30)(H3,25,26,32). The highest BCUT2D eigenvalue weighted by Gasteiger charge is 2.43. The Kier molecular flexibility index (Phi) is 5.64. The number of nitrogens with one attached hydrogen (secondary N) is 3. The quantitative estimate of drug-likeness (QED) is 0.527. The number of fused-ring (bicyclic) bond motifs is 2. The molecule has 1 saturated heterocycles. The van der Waals surface area contributed by atoms with Crippen LogP contribution in [0.1, 0.15) is 57.5 Å². The lowest BCUT2D eigenvalue weighted by Gasteiger charge is -2.44. The molecule has 1 spiro atoms. The summed E-state index contributed by atoms with van der Waals surface area (Å²) in [6.07, 6.45) is 3.32. The summed E-state index contributed by atoms with van der Waals surface area (Å²) in [7, 11) is 3.24. The molecular weight excluding hydrogens is 454 g/mol. The lowest BCUT2D eigenvalue weighted by Crippen LogP contribution is -2.61. The van der Waals surface area contributed by atoms with E-state index in [-0.39, 0.29) is 17.9 Å². The number of amides is 4. The number of carbonyl (C=O) groups excluding carboxylic acids is 3. The van der Waals surface area contributed by atoms with Gasteiger partial charge in [-0.15, -0.1) is 0 Å². The number of nitrogens with zero attached hydrogens (tertiary/aromatic N) is 1. The van der Waals surface area contributed by atoms with Crippen LogP contribution in [-0.4, -0.2) is 60.8 Å². The van der Waals surface area contributed by atoms with Gasteiger partial charge in [0.2, 0.25) is 0 Å². The molecule has 0 saturated carbocycles. The Balaban J connectivity index is 1.29. The number of urea groups is 1. The molecule has 5 rings (SSSR count). The average Bonchev–Trinajstić information content (AvgIpc) is 3.29. The SMILES string of the molecule is COC1=CCC(OC)c2cc(C(=O)N3CCC4(CC3)NC(=O)c3cc(NC(N)=O)ccc3O4)[nH]c21. The van der Waals surface area contributed by atoms with Crippen LogP contribution in [0.25, 0.3) is 5.76 Å². The minimum atomic E-state index is -0.901. The maximum Gasteiger partial charge on any atom is 0.316 e. The third-order valence-electron chi connectivity index (χ3n) is 6.69. The van der Waals surface area contributed by atoms with E-state index >= 15 is 0 Å². The van der Waals surface area contributed by atoms with Gasteiger partial charge >= 0.3 is 6.03 Å². The number of rotatable bonds is 4. The number of primary amides is 1. The largest absolute Gasteiger partial charge is 0.495 e. The average molecular weight is 482 g/mol. The van der Waals surface area contributed by atoms with Crippen molar-refractivity contribution in [2.24, 2.45) is 5.73 Å². The molecule has 11 heteroatoms. The Labute approximate surface area is 201 Å². The molecule has 2 aliphatic heterocycles. The number of piperidine rings is 1. The van der Waals surface area contributed by atoms with Crippen LogP contribution in [0.5, 0.6) is 5.75 Å². The molecule has 1 unspecified atom stereocenters. The van der Waals surface area contributed by atoms with Gasteiger partial charge in [0, 0.05) is 44.3 Å². The highest BCUT2D eigenvalue weighted by Crippen LogP contribution is 2.37. The van der Waals surface area contributed by atoms with Gasteiger partial charge < -0.3 is 40.5 Å². The molecule has 2 aromatic rings. The fourth-order valence-corrected chi connectivity index (χ4v) is 4.89. The molecule has 1 atom stereocenters. The number of benzene rings is 1. The van der Waals surface area contributed by atoms with Gasteiger partial charge in [0.05, 0.1) is 24.5 Å². The smallest absolute Gasteiger partial charge is 0.316 e. The van der Waals surface area contributed by atoms with E-state index < -0.39 is 11.8 Å². The summed E-state index contributed by atoms with van der Waals surface area (Å²) in [4.78, 5) is 42.1. The van der Waals surface area contributed by atoms with Crippen LogP contribution in [0.15, 0.2) is 30.3 Å². The van der Waals surface area contributed by atoms with Crippen LogP contribution in [0.2, 0.25) is 0 Å². The second-order valence-electron chi connectivity index (χ2n) is 8.79. The molecule has 3 aliphatic rings. The van der Waals surface area contributed by atoms with E-state index in [1.165, 1.54) is 6.07 Å². The first-order valence-corrected chi connectivity index (χ1v) is 11.3. The highest BCUT2D eigenvalue weighted by molar-refractivity contribution is 6.00. The lowest BCUT2D eigenvalue weighted by molar-refractivity contribution is -0.0246. The Morgan fingerprint density at radius 3 is 2.69 bits per heavy atom. The van der Waals surface area contributed by atoms with Gasteiger partial charge in [-0.25, -0.2) is 4.79 Å². The summed E-state index contributed by atoms with van der Waals surface area (Å²) in [5, 5.41) is 5.39. The fourth-order valence-electron chi connectivity index (χ4n) is 4.89.